The molecule has 0 bridgehead atoms. The van der Waals surface area contributed by atoms with Crippen molar-refractivity contribution in [3.05, 3.63) is 46.5 Å². The van der Waals surface area contributed by atoms with Gasteiger partial charge < -0.3 is 59.6 Å². The third-order valence-electron chi connectivity index (χ3n) is 14.9. The van der Waals surface area contributed by atoms with Crippen LogP contribution in [0.4, 0.5) is 42.5 Å². The van der Waals surface area contributed by atoms with Gasteiger partial charge in [0.25, 0.3) is 23.6 Å². The van der Waals surface area contributed by atoms with Crippen molar-refractivity contribution in [3.8, 4) is 11.5 Å². The number of fused-ring (bicyclic) bond motifs is 2. The van der Waals surface area contributed by atoms with Gasteiger partial charge in [-0.3, -0.25) is 28.8 Å². The largest absolute Gasteiger partial charge is 0.475 e. The van der Waals surface area contributed by atoms with Crippen LogP contribution in [0.25, 0.3) is 0 Å². The van der Waals surface area contributed by atoms with E-state index in [-0.39, 0.29) is 118 Å². The SMILES string of the molecule is CCC(=O)NCCN1C(=O)[C@](C)(CCO)Oc2cc(C(F)(F)F)c(C(=O)N(C(C)C)C3CCCCC3)cc21.CCC(=O)NCCN1C(=O)[C@](C)(CCO)Oc2cc(C(F)(F)F)c(C(=O)N(C(C)C)[C@@H]3CCCN(C(=O)OC(C)Cl)C3)cc21.Cl. The van der Waals surface area contributed by atoms with E-state index in [1.165, 1.54) is 45.3 Å². The number of alkyl halides is 7. The number of piperidine rings is 1. The molecule has 7 amide bonds. The smallest absolute Gasteiger partial charge is 0.417 e. The van der Waals surface area contributed by atoms with Gasteiger partial charge in [-0.1, -0.05) is 44.7 Å². The number of rotatable bonds is 19. The van der Waals surface area contributed by atoms with Gasteiger partial charge in [0.1, 0.15) is 11.5 Å². The lowest BCUT2D eigenvalue weighted by molar-refractivity contribution is -0.140. The fraction of sp³-hybridized carbons (Fsp3) is 0.661. The fourth-order valence-electron chi connectivity index (χ4n) is 10.8. The van der Waals surface area contributed by atoms with Crippen LogP contribution in [0.1, 0.15) is 165 Å². The van der Waals surface area contributed by atoms with Crippen molar-refractivity contribution >= 4 is 76.9 Å². The molecule has 1 saturated heterocycles. The van der Waals surface area contributed by atoms with Crippen molar-refractivity contribution in [3.63, 3.8) is 0 Å². The molecule has 4 aliphatic rings. The molecule has 4 atom stereocenters. The van der Waals surface area contributed by atoms with E-state index in [2.05, 4.69) is 10.6 Å². The number of amides is 7. The minimum Gasteiger partial charge on any atom is -0.475 e. The molecule has 1 unspecified atom stereocenters. The van der Waals surface area contributed by atoms with Crippen molar-refractivity contribution in [2.24, 2.45) is 0 Å². The molecule has 4 N–H and O–H groups in total. The van der Waals surface area contributed by atoms with Gasteiger partial charge in [-0.2, -0.15) is 26.3 Å². The third-order valence-corrected chi connectivity index (χ3v) is 15.0. The summed E-state index contributed by atoms with van der Waals surface area (Å²) in [5.41, 5.74) is -7.85. The average molecular weight is 1230 g/mol. The van der Waals surface area contributed by atoms with Crippen LogP contribution in [-0.2, 0) is 36.3 Å². The van der Waals surface area contributed by atoms with E-state index in [1.54, 1.807) is 41.5 Å². The summed E-state index contributed by atoms with van der Waals surface area (Å²) in [6.07, 6.45) is -5.25. The molecule has 2 aromatic rings. The summed E-state index contributed by atoms with van der Waals surface area (Å²) in [5, 5.41) is 24.4. The van der Waals surface area contributed by atoms with Gasteiger partial charge in [-0.05, 0) is 98.4 Å². The molecule has 1 aliphatic carbocycles. The molecule has 0 spiro atoms. The van der Waals surface area contributed by atoms with E-state index in [0.717, 1.165) is 50.3 Å². The van der Waals surface area contributed by atoms with Crippen molar-refractivity contribution in [2.45, 2.75) is 186 Å². The Kier molecular flexibility index (Phi) is 24.6. The summed E-state index contributed by atoms with van der Waals surface area (Å²) < 4.78 is 103. The van der Waals surface area contributed by atoms with Crippen LogP contribution < -0.4 is 29.9 Å². The van der Waals surface area contributed by atoms with Gasteiger partial charge in [0.05, 0.1) is 39.7 Å². The van der Waals surface area contributed by atoms with E-state index in [4.69, 9.17) is 25.8 Å². The average Bonchev–Trinajstić information content (AvgIpc) is 2.61. The summed E-state index contributed by atoms with van der Waals surface area (Å²) in [7, 11) is 0. The van der Waals surface area contributed by atoms with Crippen molar-refractivity contribution in [2.75, 3.05) is 62.3 Å². The van der Waals surface area contributed by atoms with Crippen LogP contribution in [0, 0.1) is 0 Å². The fourth-order valence-corrected chi connectivity index (χ4v) is 10.9. The number of aliphatic hydroxyl groups excluding tert-OH is 2. The summed E-state index contributed by atoms with van der Waals surface area (Å²) in [4.78, 5) is 97.6. The number of nitrogens with one attached hydrogen (secondary N) is 2. The van der Waals surface area contributed by atoms with Crippen LogP contribution in [-0.4, -0.2) is 160 Å². The minimum absolute atomic E-state index is 0. The highest BCUT2D eigenvalue weighted by Crippen LogP contribution is 2.47. The van der Waals surface area contributed by atoms with Crippen molar-refractivity contribution in [1.82, 2.24) is 25.3 Å². The molecular formula is C56H79Cl2F6N7O12. The Morgan fingerprint density at radius 2 is 1.08 bits per heavy atom. The lowest BCUT2D eigenvalue weighted by Gasteiger charge is -2.42. The molecule has 466 valence electrons. The molecule has 27 heteroatoms. The first-order valence-electron chi connectivity index (χ1n) is 27.9. The Morgan fingerprint density at radius 1 is 0.687 bits per heavy atom. The highest BCUT2D eigenvalue weighted by Gasteiger charge is 2.50. The summed E-state index contributed by atoms with van der Waals surface area (Å²) in [6.45, 7) is 13.8. The predicted octanol–water partition coefficient (Wildman–Crippen LogP) is 8.84. The highest BCUT2D eigenvalue weighted by molar-refractivity contribution is 6.20. The first-order valence-corrected chi connectivity index (χ1v) is 28.3. The first kappa shape index (κ1) is 69.7. The van der Waals surface area contributed by atoms with Gasteiger partial charge in [0.15, 0.2) is 16.8 Å². The maximum Gasteiger partial charge on any atom is 0.417 e. The number of benzene rings is 2. The van der Waals surface area contributed by atoms with Crippen molar-refractivity contribution in [1.29, 1.82) is 0 Å². The van der Waals surface area contributed by atoms with Crippen LogP contribution in [0.2, 0.25) is 0 Å². The van der Waals surface area contributed by atoms with Gasteiger partial charge in [-0.25, -0.2) is 4.79 Å². The number of hydrogen-bond donors (Lipinski definition) is 4. The number of halogens is 8. The third kappa shape index (κ3) is 16.8. The Hall–Kier alpha value is -5.79. The van der Waals surface area contributed by atoms with Crippen LogP contribution in [0.3, 0.4) is 0 Å². The lowest BCUT2D eigenvalue weighted by atomic mass is 9.91. The highest BCUT2D eigenvalue weighted by atomic mass is 35.5. The second-order valence-electron chi connectivity index (χ2n) is 21.7. The van der Waals surface area contributed by atoms with E-state index in [1.807, 2.05) is 0 Å². The van der Waals surface area contributed by atoms with E-state index >= 15 is 0 Å². The molecule has 19 nitrogen and oxygen atoms in total. The Morgan fingerprint density at radius 3 is 1.45 bits per heavy atom. The number of carbonyl (C=O) groups is 7. The predicted molar refractivity (Wildman–Crippen MR) is 299 cm³/mol. The van der Waals surface area contributed by atoms with E-state index in [9.17, 15) is 70.1 Å². The lowest BCUT2D eigenvalue weighted by Crippen LogP contribution is -2.56. The Balaban J connectivity index is 0.000000356. The zero-order valence-corrected chi connectivity index (χ0v) is 50.0. The minimum atomic E-state index is -4.97. The van der Waals surface area contributed by atoms with Crippen LogP contribution >= 0.6 is 24.0 Å². The number of aliphatic hydroxyl groups is 2. The number of hydrogen-bond acceptors (Lipinski definition) is 12. The zero-order valence-electron chi connectivity index (χ0n) is 48.4. The van der Waals surface area contributed by atoms with Crippen LogP contribution in [0.5, 0.6) is 11.5 Å². The molecule has 83 heavy (non-hydrogen) atoms. The maximum atomic E-state index is 14.5. The number of anilines is 2. The van der Waals surface area contributed by atoms with Crippen LogP contribution in [0.15, 0.2) is 24.3 Å². The Labute approximate surface area is 491 Å². The zero-order chi connectivity index (χ0) is 61.2. The molecule has 6 rings (SSSR count). The molecule has 3 aliphatic heterocycles. The molecule has 0 aromatic heterocycles. The van der Waals surface area contributed by atoms with E-state index < -0.39 is 106 Å². The second-order valence-corrected chi connectivity index (χ2v) is 22.3. The van der Waals surface area contributed by atoms with Gasteiger partial charge >= 0.3 is 18.4 Å². The quantitative estimate of drug-likeness (QED) is 0.0764. The first-order chi connectivity index (χ1) is 38.4. The molecule has 1 saturated carbocycles. The summed E-state index contributed by atoms with van der Waals surface area (Å²) in [5.74, 6) is -3.91. The maximum absolute atomic E-state index is 14.5. The number of likely N-dealkylation sites (tertiary alicyclic amines) is 1. The molecule has 2 aromatic carbocycles. The number of nitrogens with zero attached hydrogens (tertiary/aromatic N) is 5. The van der Waals surface area contributed by atoms with E-state index in [0.29, 0.717) is 25.5 Å². The molecule has 3 heterocycles. The Bertz CT molecular complexity index is 2640. The van der Waals surface area contributed by atoms with Gasteiger partial charge in [0.2, 0.25) is 11.8 Å². The number of ether oxygens (including phenoxy) is 3. The molecule has 2 fully saturated rings. The number of carbonyl (C=O) groups excluding carboxylic acids is 7. The van der Waals surface area contributed by atoms with Crippen molar-refractivity contribution < 1.29 is 84.3 Å². The summed E-state index contributed by atoms with van der Waals surface area (Å²) in [6, 6.07) is 1.90. The topological polar surface area (TPSA) is 228 Å². The normalized spacial score (nSPS) is 20.4. The molecule has 0 radical (unpaired) electrons. The monoisotopic (exact) mass is 1230 g/mol. The standard InChI is InChI=1S/C29H40ClF3N4O7.C27H38F3N3O5.ClH/c1-6-24(39)34-10-12-36-22-14-20(21(29(31,32)33)15-23(22)44-28(5,9-13-38)26(36)41)25(40)37(17(2)3)19-8-7-11-35(16-19)27(42)43-18(4)30;1-5-23(35)31-12-13-32-21-15-19(24(36)33(17(2)3)18-9-7-6-8-10-18)20(27(28,29)30)16-22(21)38-26(4,11-14-34)25(32)37;/h14-15,17-19,38H,6-13,16H2,1-5H3,(H,34,39);15-18,34H,5-14H2,1-4H3,(H,31,35);1H/t18?,19-,28+;26-;/m10./s1. The molecular weight excluding hydrogens is 1150 g/mol. The van der Waals surface area contributed by atoms with Gasteiger partial charge in [0, 0.05) is 96.3 Å². The second kappa shape index (κ2) is 29.3. The summed E-state index contributed by atoms with van der Waals surface area (Å²) >= 11 is 5.79. The van der Waals surface area contributed by atoms with Gasteiger partial charge in [-0.15, -0.1) is 12.4 Å².